The van der Waals surface area contributed by atoms with Crippen molar-refractivity contribution in [3.63, 3.8) is 0 Å². The van der Waals surface area contributed by atoms with Crippen molar-refractivity contribution in [3.05, 3.63) is 100 Å². The molecule has 0 radical (unpaired) electrons. The standard InChI is InChI=1S/C37H35N7O6/c45-17-21-15-20(9-14-30(21)50-37-43-35(38-22-10-11-22)42-36(44-37)39-23-12-13-23)32(33-26(16-31(47)48)24-5-1-3-7-28(24)40-33)34-27(18-49-19-46)25-6-2-4-8-29(25)41-34/h1-9,14-15,19,22-23,32,40-41,45H,10-13,16-18H2,(H,47,48)(H2,38,39,42,43,44). The normalized spacial score (nSPS) is 14.8. The molecule has 0 aliphatic heterocycles. The second-order valence-corrected chi connectivity index (χ2v) is 12.8. The summed E-state index contributed by atoms with van der Waals surface area (Å²) in [5.41, 5.74) is 5.58. The molecule has 50 heavy (non-hydrogen) atoms. The van der Waals surface area contributed by atoms with E-state index >= 15 is 0 Å². The predicted octanol–water partition coefficient (Wildman–Crippen LogP) is 5.75. The molecule has 3 heterocycles. The third kappa shape index (κ3) is 6.42. The van der Waals surface area contributed by atoms with Gasteiger partial charge in [-0.05, 0) is 61.1 Å². The van der Waals surface area contributed by atoms with Crippen LogP contribution in [0.4, 0.5) is 11.9 Å². The molecule has 13 nitrogen and oxygen atoms in total. The van der Waals surface area contributed by atoms with E-state index in [1.165, 1.54) is 0 Å². The maximum atomic E-state index is 12.2. The minimum atomic E-state index is -0.973. The van der Waals surface area contributed by atoms with Crippen molar-refractivity contribution < 1.29 is 29.3 Å². The van der Waals surface area contributed by atoms with Gasteiger partial charge in [-0.15, -0.1) is 0 Å². The van der Waals surface area contributed by atoms with Gasteiger partial charge in [0.15, 0.2) is 0 Å². The molecule has 3 aromatic heterocycles. The molecule has 0 saturated heterocycles. The van der Waals surface area contributed by atoms with Crippen molar-refractivity contribution in [1.82, 2.24) is 24.9 Å². The van der Waals surface area contributed by atoms with E-state index in [2.05, 4.69) is 35.6 Å². The molecule has 1 unspecified atom stereocenters. The van der Waals surface area contributed by atoms with E-state index in [0.29, 0.717) is 58.7 Å². The summed E-state index contributed by atoms with van der Waals surface area (Å²) in [4.78, 5) is 44.2. The number of nitrogens with one attached hydrogen (secondary N) is 4. The molecule has 0 spiro atoms. The molecule has 6 aromatic rings. The van der Waals surface area contributed by atoms with Crippen LogP contribution in [0.5, 0.6) is 11.8 Å². The van der Waals surface area contributed by atoms with Gasteiger partial charge in [0.1, 0.15) is 12.4 Å². The number of benzene rings is 3. The highest BCUT2D eigenvalue weighted by Gasteiger charge is 2.30. The van der Waals surface area contributed by atoms with Gasteiger partial charge in [-0.3, -0.25) is 9.59 Å². The molecule has 8 rings (SSSR count). The smallest absolute Gasteiger partial charge is 0.328 e. The van der Waals surface area contributed by atoms with Crippen LogP contribution < -0.4 is 15.4 Å². The molecule has 2 aliphatic carbocycles. The van der Waals surface area contributed by atoms with Gasteiger partial charge < -0.3 is 40.3 Å². The minimum absolute atomic E-state index is 0.00424. The Morgan fingerprint density at radius 1 is 0.860 bits per heavy atom. The predicted molar refractivity (Wildman–Crippen MR) is 185 cm³/mol. The number of rotatable bonds is 15. The summed E-state index contributed by atoms with van der Waals surface area (Å²) in [6, 6.07) is 21.5. The Bertz CT molecular complexity index is 2190. The van der Waals surface area contributed by atoms with Crippen molar-refractivity contribution in [2.75, 3.05) is 10.6 Å². The number of carboxylic acids is 1. The summed E-state index contributed by atoms with van der Waals surface area (Å²) in [5, 5.41) is 29.0. The number of fused-ring (bicyclic) bond motifs is 2. The zero-order valence-electron chi connectivity index (χ0n) is 27.0. The molecule has 0 bridgehead atoms. The Kier molecular flexibility index (Phi) is 8.25. The largest absolute Gasteiger partial charge is 0.481 e. The minimum Gasteiger partial charge on any atom is -0.481 e. The van der Waals surface area contributed by atoms with E-state index in [0.717, 1.165) is 58.6 Å². The number of anilines is 2. The Labute approximate surface area is 286 Å². The van der Waals surface area contributed by atoms with Gasteiger partial charge in [-0.2, -0.15) is 15.0 Å². The molecule has 2 saturated carbocycles. The third-order valence-electron chi connectivity index (χ3n) is 9.12. The molecule has 254 valence electrons. The second-order valence-electron chi connectivity index (χ2n) is 12.8. The maximum Gasteiger partial charge on any atom is 0.328 e. The van der Waals surface area contributed by atoms with Crippen molar-refractivity contribution in [1.29, 1.82) is 0 Å². The number of aromatic nitrogens is 5. The van der Waals surface area contributed by atoms with Crippen LogP contribution in [-0.4, -0.2) is 59.7 Å². The average Bonchev–Trinajstić information content (AvgIpc) is 4.05. The Balaban J connectivity index is 1.25. The number of ether oxygens (including phenoxy) is 2. The van der Waals surface area contributed by atoms with Crippen LogP contribution in [0.1, 0.15) is 65.2 Å². The first kappa shape index (κ1) is 31.3. The van der Waals surface area contributed by atoms with E-state index in [9.17, 15) is 19.8 Å². The quantitative estimate of drug-likeness (QED) is 0.0729. The van der Waals surface area contributed by atoms with Gasteiger partial charge in [0.05, 0.1) is 18.9 Å². The number of nitrogens with zero attached hydrogens (tertiary/aromatic N) is 3. The molecule has 13 heteroatoms. The lowest BCUT2D eigenvalue weighted by molar-refractivity contribution is -0.136. The summed E-state index contributed by atoms with van der Waals surface area (Å²) in [7, 11) is 0. The number of hydrogen-bond donors (Lipinski definition) is 6. The zero-order chi connectivity index (χ0) is 34.2. The number of aromatic amines is 2. The van der Waals surface area contributed by atoms with Crippen molar-refractivity contribution >= 4 is 46.1 Å². The topological polar surface area (TPSA) is 187 Å². The Hall–Kier alpha value is -5.95. The number of aliphatic hydroxyl groups excluding tert-OH is 1. The van der Waals surface area contributed by atoms with Gasteiger partial charge in [-0.1, -0.05) is 42.5 Å². The fourth-order valence-corrected chi connectivity index (χ4v) is 6.48. The van der Waals surface area contributed by atoms with Gasteiger partial charge >= 0.3 is 12.0 Å². The summed E-state index contributed by atoms with van der Waals surface area (Å²) in [5.74, 6) is -0.346. The number of carboxylic acid groups (broad SMARTS) is 1. The molecular formula is C37H35N7O6. The summed E-state index contributed by atoms with van der Waals surface area (Å²) in [6.07, 6.45) is 3.98. The van der Waals surface area contributed by atoms with Crippen molar-refractivity contribution in [2.24, 2.45) is 0 Å². The highest BCUT2D eigenvalue weighted by Crippen LogP contribution is 2.42. The molecule has 2 fully saturated rings. The number of H-pyrrole nitrogens is 2. The zero-order valence-corrected chi connectivity index (χ0v) is 27.0. The van der Waals surface area contributed by atoms with Gasteiger partial charge in [-0.25, -0.2) is 0 Å². The number of aliphatic hydroxyl groups is 1. The lowest BCUT2D eigenvalue weighted by Gasteiger charge is -2.21. The van der Waals surface area contributed by atoms with Crippen LogP contribution in [0.25, 0.3) is 21.8 Å². The number of aliphatic carboxylic acids is 1. The number of carbonyl (C=O) groups is 2. The molecule has 3 aromatic carbocycles. The highest BCUT2D eigenvalue weighted by molar-refractivity contribution is 5.90. The summed E-state index contributed by atoms with van der Waals surface area (Å²) >= 11 is 0. The second kappa shape index (κ2) is 13.2. The lowest BCUT2D eigenvalue weighted by Crippen LogP contribution is -2.13. The first-order valence-corrected chi connectivity index (χ1v) is 16.6. The van der Waals surface area contributed by atoms with E-state index in [1.807, 2.05) is 60.7 Å². The molecule has 2 aliphatic rings. The Morgan fingerprint density at radius 2 is 1.46 bits per heavy atom. The SMILES string of the molecule is O=COCc1c(C(c2ccc(Oc3nc(NC4CC4)nc(NC4CC4)n3)c(CO)c2)c2[nH]c3ccccc3c2CC(=O)O)[nH]c2ccccc12. The van der Waals surface area contributed by atoms with Crippen LogP contribution in [0, 0.1) is 0 Å². The Morgan fingerprint density at radius 3 is 2.04 bits per heavy atom. The van der Waals surface area contributed by atoms with Crippen molar-refractivity contribution in [2.45, 2.75) is 63.3 Å². The molecule has 6 N–H and O–H groups in total. The summed E-state index contributed by atoms with van der Waals surface area (Å²) < 4.78 is 11.5. The van der Waals surface area contributed by atoms with E-state index in [-0.39, 0.29) is 25.6 Å². The van der Waals surface area contributed by atoms with Crippen LogP contribution >= 0.6 is 0 Å². The van der Waals surface area contributed by atoms with Crippen molar-refractivity contribution in [3.8, 4) is 11.8 Å². The fraction of sp³-hybridized carbons (Fsp3) is 0.270. The first-order chi connectivity index (χ1) is 24.5. The van der Waals surface area contributed by atoms with E-state index in [1.54, 1.807) is 6.07 Å². The molecule has 0 amide bonds. The lowest BCUT2D eigenvalue weighted by atomic mass is 9.86. The third-order valence-corrected chi connectivity index (χ3v) is 9.12. The fourth-order valence-electron chi connectivity index (χ4n) is 6.48. The molecule has 1 atom stereocenters. The first-order valence-electron chi connectivity index (χ1n) is 16.6. The average molecular weight is 674 g/mol. The monoisotopic (exact) mass is 673 g/mol. The van der Waals surface area contributed by atoms with Crippen LogP contribution in [0.2, 0.25) is 0 Å². The van der Waals surface area contributed by atoms with Crippen LogP contribution in [-0.2, 0) is 34.0 Å². The molecular weight excluding hydrogens is 638 g/mol. The van der Waals surface area contributed by atoms with Gasteiger partial charge in [0.25, 0.3) is 6.47 Å². The van der Waals surface area contributed by atoms with Gasteiger partial charge in [0.2, 0.25) is 11.9 Å². The van der Waals surface area contributed by atoms with E-state index < -0.39 is 11.9 Å². The number of carbonyl (C=O) groups excluding carboxylic acids is 1. The maximum absolute atomic E-state index is 12.2. The van der Waals surface area contributed by atoms with Crippen LogP contribution in [0.3, 0.4) is 0 Å². The number of para-hydroxylation sites is 2. The highest BCUT2D eigenvalue weighted by atomic mass is 16.5. The number of hydrogen-bond acceptors (Lipinski definition) is 10. The van der Waals surface area contributed by atoms with Crippen LogP contribution in [0.15, 0.2) is 66.7 Å². The van der Waals surface area contributed by atoms with E-state index in [4.69, 9.17) is 9.47 Å². The summed E-state index contributed by atoms with van der Waals surface area (Å²) in [6.45, 7) is 0.0489. The van der Waals surface area contributed by atoms with Gasteiger partial charge in [0, 0.05) is 56.4 Å².